The number of hydrogen-bond acceptors (Lipinski definition) is 4. The lowest BCUT2D eigenvalue weighted by Crippen LogP contribution is -2.34. The van der Waals surface area contributed by atoms with Crippen molar-refractivity contribution >= 4 is 5.78 Å². The van der Waals surface area contributed by atoms with E-state index >= 15 is 0 Å². The van der Waals surface area contributed by atoms with Crippen LogP contribution in [0.5, 0.6) is 5.75 Å². The van der Waals surface area contributed by atoms with Gasteiger partial charge in [-0.15, -0.1) is 0 Å². The minimum absolute atomic E-state index is 0.00899. The van der Waals surface area contributed by atoms with Crippen LogP contribution < -0.4 is 10.5 Å². The average Bonchev–Trinajstić information content (AvgIpc) is 2.85. The van der Waals surface area contributed by atoms with Crippen LogP contribution in [-0.2, 0) is 24.2 Å². The maximum absolute atomic E-state index is 13.0. The van der Waals surface area contributed by atoms with Crippen molar-refractivity contribution in [1.82, 2.24) is 4.98 Å². The summed E-state index contributed by atoms with van der Waals surface area (Å²) in [6.45, 7) is 0.437. The lowest BCUT2D eigenvalue weighted by atomic mass is 9.96. The normalized spacial score (nSPS) is 11.7. The number of pyridine rings is 1. The largest absolute Gasteiger partial charge is 0.489 e. The van der Waals surface area contributed by atoms with Crippen molar-refractivity contribution in [1.29, 1.82) is 0 Å². The second-order valence-electron chi connectivity index (χ2n) is 7.77. The molecule has 160 valence electrons. The van der Waals surface area contributed by atoms with E-state index in [-0.39, 0.29) is 12.2 Å². The Hall–Kier alpha value is -3.76. The van der Waals surface area contributed by atoms with Gasteiger partial charge in [-0.05, 0) is 52.9 Å². The fourth-order valence-corrected chi connectivity index (χ4v) is 3.62. The minimum Gasteiger partial charge on any atom is -0.489 e. The molecule has 0 bridgehead atoms. The SMILES string of the molecule is N[C@@H](Cc1ccccc1)C(=O)Cc1cc(-c2ccncc2)ccc1OCc1ccccc1. The molecule has 3 aromatic carbocycles. The number of carbonyl (C=O) groups excluding carboxylic acids is 1. The molecule has 1 aromatic heterocycles. The van der Waals surface area contributed by atoms with Crippen LogP contribution in [0.25, 0.3) is 11.1 Å². The molecule has 32 heavy (non-hydrogen) atoms. The summed E-state index contributed by atoms with van der Waals surface area (Å²) in [5.74, 6) is 0.692. The second kappa shape index (κ2) is 10.5. The molecule has 4 aromatic rings. The molecule has 4 rings (SSSR count). The van der Waals surface area contributed by atoms with Crippen LogP contribution >= 0.6 is 0 Å². The lowest BCUT2D eigenvalue weighted by Gasteiger charge is -2.16. The van der Waals surface area contributed by atoms with Crippen LogP contribution in [0.1, 0.15) is 16.7 Å². The predicted octanol–water partition coefficient (Wildman–Crippen LogP) is 5.01. The first kappa shape index (κ1) is 21.5. The molecule has 0 fully saturated rings. The van der Waals surface area contributed by atoms with E-state index in [2.05, 4.69) is 4.98 Å². The molecule has 0 saturated carbocycles. The maximum Gasteiger partial charge on any atom is 0.154 e. The van der Waals surface area contributed by atoms with Crippen LogP contribution in [0, 0.1) is 0 Å². The Balaban J connectivity index is 1.55. The van der Waals surface area contributed by atoms with Gasteiger partial charge < -0.3 is 10.5 Å². The molecule has 1 heterocycles. The number of aromatic nitrogens is 1. The van der Waals surface area contributed by atoms with Crippen LogP contribution in [0.2, 0.25) is 0 Å². The maximum atomic E-state index is 13.0. The van der Waals surface area contributed by atoms with Gasteiger partial charge in [0, 0.05) is 24.4 Å². The molecule has 1 atom stereocenters. The van der Waals surface area contributed by atoms with Crippen LogP contribution in [-0.4, -0.2) is 16.8 Å². The molecule has 0 unspecified atom stereocenters. The van der Waals surface area contributed by atoms with E-state index in [4.69, 9.17) is 10.5 Å². The van der Waals surface area contributed by atoms with E-state index in [0.29, 0.717) is 18.8 Å². The van der Waals surface area contributed by atoms with Crippen molar-refractivity contribution in [2.24, 2.45) is 5.73 Å². The molecule has 2 N–H and O–H groups in total. The molecule has 0 amide bonds. The van der Waals surface area contributed by atoms with E-state index in [1.54, 1.807) is 12.4 Å². The topological polar surface area (TPSA) is 65.2 Å². The Morgan fingerprint density at radius 2 is 1.47 bits per heavy atom. The number of hydrogen-bond donors (Lipinski definition) is 1. The molecule has 0 aliphatic carbocycles. The van der Waals surface area contributed by atoms with Gasteiger partial charge in [-0.25, -0.2) is 0 Å². The molecule has 0 aliphatic rings. The second-order valence-corrected chi connectivity index (χ2v) is 7.77. The predicted molar refractivity (Wildman–Crippen MR) is 127 cm³/mol. The van der Waals surface area contributed by atoms with Crippen molar-refractivity contribution < 1.29 is 9.53 Å². The summed E-state index contributed by atoms with van der Waals surface area (Å²) in [7, 11) is 0. The zero-order chi connectivity index (χ0) is 22.2. The highest BCUT2D eigenvalue weighted by atomic mass is 16.5. The first-order chi connectivity index (χ1) is 15.7. The molecule has 0 spiro atoms. The van der Waals surface area contributed by atoms with Gasteiger partial charge in [0.05, 0.1) is 6.04 Å². The smallest absolute Gasteiger partial charge is 0.154 e. The van der Waals surface area contributed by atoms with Gasteiger partial charge in [0.15, 0.2) is 5.78 Å². The van der Waals surface area contributed by atoms with Crippen molar-refractivity contribution in [2.75, 3.05) is 0 Å². The van der Waals surface area contributed by atoms with Crippen LogP contribution in [0.3, 0.4) is 0 Å². The van der Waals surface area contributed by atoms with Crippen LogP contribution in [0.15, 0.2) is 103 Å². The summed E-state index contributed by atoms with van der Waals surface area (Å²) in [5, 5.41) is 0. The Morgan fingerprint density at radius 3 is 2.16 bits per heavy atom. The van der Waals surface area contributed by atoms with E-state index in [0.717, 1.165) is 27.8 Å². The van der Waals surface area contributed by atoms with Crippen molar-refractivity contribution in [2.45, 2.75) is 25.5 Å². The van der Waals surface area contributed by atoms with Gasteiger partial charge in [0.1, 0.15) is 12.4 Å². The zero-order valence-electron chi connectivity index (χ0n) is 17.9. The number of nitrogens with zero attached hydrogens (tertiary/aromatic N) is 1. The first-order valence-corrected chi connectivity index (χ1v) is 10.7. The number of rotatable bonds is 9. The number of Topliss-reactive ketones (excluding diaryl/α,β-unsaturated/α-hetero) is 1. The van der Waals surface area contributed by atoms with Gasteiger partial charge >= 0.3 is 0 Å². The highest BCUT2D eigenvalue weighted by Crippen LogP contribution is 2.28. The Bertz CT molecular complexity index is 1150. The number of carbonyl (C=O) groups is 1. The Kier molecular flexibility index (Phi) is 7.05. The van der Waals surface area contributed by atoms with E-state index in [1.165, 1.54) is 0 Å². The monoisotopic (exact) mass is 422 g/mol. The summed E-state index contributed by atoms with van der Waals surface area (Å²) in [6, 6.07) is 29.1. The molecule has 0 aliphatic heterocycles. The fourth-order valence-electron chi connectivity index (χ4n) is 3.62. The number of nitrogens with two attached hydrogens (primary N) is 1. The molecule has 4 heteroatoms. The summed E-state index contributed by atoms with van der Waals surface area (Å²) in [5.41, 5.74) is 11.3. The van der Waals surface area contributed by atoms with E-state index in [9.17, 15) is 4.79 Å². The summed E-state index contributed by atoms with van der Waals surface area (Å²) in [4.78, 5) is 17.1. The molecule has 4 nitrogen and oxygen atoms in total. The standard InChI is InChI=1S/C28H26N2O2/c29-26(17-21-7-3-1-4-8-21)27(31)19-25-18-24(23-13-15-30-16-14-23)11-12-28(25)32-20-22-9-5-2-6-10-22/h1-16,18,26H,17,19-20,29H2/t26-/m0/s1. The van der Waals surface area contributed by atoms with Gasteiger partial charge in [-0.1, -0.05) is 66.7 Å². The van der Waals surface area contributed by atoms with Gasteiger partial charge in [0.2, 0.25) is 0 Å². The van der Waals surface area contributed by atoms with Crippen molar-refractivity contribution in [3.05, 3.63) is 120 Å². The molecular formula is C28H26N2O2. The summed E-state index contributed by atoms with van der Waals surface area (Å²) < 4.78 is 6.11. The highest BCUT2D eigenvalue weighted by molar-refractivity contribution is 5.87. The molecular weight excluding hydrogens is 396 g/mol. The highest BCUT2D eigenvalue weighted by Gasteiger charge is 2.18. The van der Waals surface area contributed by atoms with Crippen molar-refractivity contribution in [3.8, 4) is 16.9 Å². The number of ether oxygens (including phenoxy) is 1. The molecule has 0 saturated heterocycles. The first-order valence-electron chi connectivity index (χ1n) is 10.7. The third-order valence-corrected chi connectivity index (χ3v) is 5.39. The summed E-state index contributed by atoms with van der Waals surface area (Å²) >= 11 is 0. The summed E-state index contributed by atoms with van der Waals surface area (Å²) in [6.07, 6.45) is 4.26. The van der Waals surface area contributed by atoms with Crippen LogP contribution in [0.4, 0.5) is 0 Å². The van der Waals surface area contributed by atoms with Gasteiger partial charge in [-0.2, -0.15) is 0 Å². The van der Waals surface area contributed by atoms with E-state index < -0.39 is 6.04 Å². The van der Waals surface area contributed by atoms with E-state index in [1.807, 2.05) is 91.0 Å². The zero-order valence-corrected chi connectivity index (χ0v) is 17.9. The number of ketones is 1. The Morgan fingerprint density at radius 1 is 0.812 bits per heavy atom. The van der Waals surface area contributed by atoms with Crippen molar-refractivity contribution in [3.63, 3.8) is 0 Å². The lowest BCUT2D eigenvalue weighted by molar-refractivity contribution is -0.119. The number of benzene rings is 3. The fraction of sp³-hybridized carbons (Fsp3) is 0.143. The Labute approximate surface area is 188 Å². The van der Waals surface area contributed by atoms with Gasteiger partial charge in [-0.3, -0.25) is 9.78 Å². The molecule has 0 radical (unpaired) electrons. The quantitative estimate of drug-likeness (QED) is 0.412. The van der Waals surface area contributed by atoms with Gasteiger partial charge in [0.25, 0.3) is 0 Å². The average molecular weight is 423 g/mol. The minimum atomic E-state index is -0.566. The third kappa shape index (κ3) is 5.68. The third-order valence-electron chi connectivity index (χ3n) is 5.39.